The van der Waals surface area contributed by atoms with Gasteiger partial charge in [-0.05, 0) is 57.2 Å². The predicted molar refractivity (Wildman–Crippen MR) is 101 cm³/mol. The van der Waals surface area contributed by atoms with Gasteiger partial charge >= 0.3 is 0 Å². The number of rotatable bonds is 6. The third kappa shape index (κ3) is 4.71. The van der Waals surface area contributed by atoms with Crippen LogP contribution in [0.4, 0.5) is 11.5 Å². The van der Waals surface area contributed by atoms with Crippen LogP contribution in [0, 0.1) is 0 Å². The number of nitrogens with one attached hydrogen (secondary N) is 2. The van der Waals surface area contributed by atoms with Crippen LogP contribution in [0.25, 0.3) is 0 Å². The molecule has 0 saturated carbocycles. The maximum atomic E-state index is 12.5. The van der Waals surface area contributed by atoms with Gasteiger partial charge in [0.25, 0.3) is 11.8 Å². The highest BCUT2D eigenvalue weighted by Crippen LogP contribution is 2.21. The molecule has 0 radical (unpaired) electrons. The van der Waals surface area contributed by atoms with Gasteiger partial charge in [0.2, 0.25) is 0 Å². The fraction of sp³-hybridized carbons (Fsp3) is 0.278. The summed E-state index contributed by atoms with van der Waals surface area (Å²) < 4.78 is 0. The zero-order chi connectivity index (χ0) is 19.3. The molecule has 1 aromatic heterocycles. The number of halogens is 1. The highest BCUT2D eigenvalue weighted by atomic mass is 35.5. The molecule has 0 saturated heterocycles. The lowest BCUT2D eigenvalue weighted by Crippen LogP contribution is -2.31. The van der Waals surface area contributed by atoms with Crippen LogP contribution in [-0.2, 0) is 0 Å². The lowest BCUT2D eigenvalue weighted by molar-refractivity contribution is 0.0706. The number of pyridine rings is 1. The van der Waals surface area contributed by atoms with Gasteiger partial charge in [0.1, 0.15) is 11.5 Å². The minimum atomic E-state index is -0.627. The first-order valence-corrected chi connectivity index (χ1v) is 8.53. The minimum absolute atomic E-state index is 0.198. The van der Waals surface area contributed by atoms with Crippen LogP contribution < -0.4 is 15.7 Å². The smallest absolute Gasteiger partial charge is 0.274 e. The number of amides is 2. The van der Waals surface area contributed by atoms with Crippen molar-refractivity contribution in [3.63, 3.8) is 0 Å². The van der Waals surface area contributed by atoms with E-state index in [1.165, 1.54) is 18.2 Å². The van der Waals surface area contributed by atoms with Crippen molar-refractivity contribution in [2.24, 2.45) is 0 Å². The number of hydrogen-bond donors (Lipinski definition) is 3. The van der Waals surface area contributed by atoms with Crippen molar-refractivity contribution >= 4 is 34.9 Å². The summed E-state index contributed by atoms with van der Waals surface area (Å²) in [5.41, 5.74) is 2.50. The van der Waals surface area contributed by atoms with Crippen LogP contribution in [-0.4, -0.2) is 34.6 Å². The SMILES string of the molecule is CCN(c1cc(Cl)cc(C(=O)Nc2ccc(C(=O)NO)cc2)n1)C(C)C. The average molecular weight is 377 g/mol. The van der Waals surface area contributed by atoms with E-state index >= 15 is 0 Å². The van der Waals surface area contributed by atoms with Gasteiger partial charge in [0.05, 0.1) is 0 Å². The van der Waals surface area contributed by atoms with E-state index in [-0.39, 0.29) is 17.3 Å². The first kappa shape index (κ1) is 19.7. The Labute approximate surface area is 156 Å². The summed E-state index contributed by atoms with van der Waals surface area (Å²) in [7, 11) is 0. The van der Waals surface area contributed by atoms with E-state index in [4.69, 9.17) is 16.8 Å². The Morgan fingerprint density at radius 3 is 2.38 bits per heavy atom. The van der Waals surface area contributed by atoms with Gasteiger partial charge in [-0.25, -0.2) is 10.5 Å². The molecule has 1 aromatic carbocycles. The molecular weight excluding hydrogens is 356 g/mol. The summed E-state index contributed by atoms with van der Waals surface area (Å²) in [5.74, 6) is -0.402. The minimum Gasteiger partial charge on any atom is -0.354 e. The van der Waals surface area contributed by atoms with Crippen molar-refractivity contribution in [1.29, 1.82) is 0 Å². The molecule has 3 N–H and O–H groups in total. The monoisotopic (exact) mass is 376 g/mol. The van der Waals surface area contributed by atoms with Crippen LogP contribution in [0.3, 0.4) is 0 Å². The molecule has 0 spiro atoms. The molecule has 0 aliphatic carbocycles. The molecule has 0 unspecified atom stereocenters. The Morgan fingerprint density at radius 2 is 1.85 bits per heavy atom. The zero-order valence-corrected chi connectivity index (χ0v) is 15.5. The van der Waals surface area contributed by atoms with Crippen molar-refractivity contribution in [3.8, 4) is 0 Å². The molecule has 0 atom stereocenters. The summed E-state index contributed by atoms with van der Waals surface area (Å²) >= 11 is 6.16. The summed E-state index contributed by atoms with van der Waals surface area (Å²) in [6, 6.07) is 9.52. The molecule has 2 amide bonds. The number of anilines is 2. The fourth-order valence-electron chi connectivity index (χ4n) is 2.50. The number of aromatic nitrogens is 1. The number of benzene rings is 1. The van der Waals surface area contributed by atoms with Crippen molar-refractivity contribution < 1.29 is 14.8 Å². The number of carbonyl (C=O) groups excluding carboxylic acids is 2. The van der Waals surface area contributed by atoms with Gasteiger partial charge in [-0.2, -0.15) is 0 Å². The second-order valence-electron chi connectivity index (χ2n) is 5.88. The summed E-state index contributed by atoms with van der Waals surface area (Å²) in [6.07, 6.45) is 0. The first-order chi connectivity index (χ1) is 12.3. The third-order valence-corrected chi connectivity index (χ3v) is 3.99. The zero-order valence-electron chi connectivity index (χ0n) is 14.8. The van der Waals surface area contributed by atoms with Gasteiger partial charge in [-0.15, -0.1) is 0 Å². The van der Waals surface area contributed by atoms with Crippen molar-refractivity contribution in [2.75, 3.05) is 16.8 Å². The molecule has 2 aromatic rings. The second kappa shape index (κ2) is 8.64. The van der Waals surface area contributed by atoms with Gasteiger partial charge in [-0.1, -0.05) is 11.6 Å². The van der Waals surface area contributed by atoms with E-state index in [2.05, 4.69) is 10.3 Å². The quantitative estimate of drug-likeness (QED) is 0.531. The molecule has 1 heterocycles. The fourth-order valence-corrected chi connectivity index (χ4v) is 2.70. The third-order valence-electron chi connectivity index (χ3n) is 3.77. The normalized spacial score (nSPS) is 10.5. The topological polar surface area (TPSA) is 94.6 Å². The molecule has 8 heteroatoms. The van der Waals surface area contributed by atoms with E-state index in [0.717, 1.165) is 6.54 Å². The maximum Gasteiger partial charge on any atom is 0.274 e. The van der Waals surface area contributed by atoms with Gasteiger partial charge in [-0.3, -0.25) is 14.8 Å². The van der Waals surface area contributed by atoms with Crippen LogP contribution in [0.15, 0.2) is 36.4 Å². The number of nitrogens with zero attached hydrogens (tertiary/aromatic N) is 2. The van der Waals surface area contributed by atoms with Crippen molar-refractivity contribution in [2.45, 2.75) is 26.8 Å². The van der Waals surface area contributed by atoms with E-state index < -0.39 is 11.8 Å². The Balaban J connectivity index is 2.21. The predicted octanol–water partition coefficient (Wildman–Crippen LogP) is 3.34. The van der Waals surface area contributed by atoms with E-state index in [1.807, 2.05) is 25.7 Å². The molecule has 0 aliphatic heterocycles. The standard InChI is InChI=1S/C18H21ClN4O3/c1-4-23(11(2)3)16-10-13(19)9-15(21-16)18(25)20-14-7-5-12(6-8-14)17(24)22-26/h5-11,26H,4H2,1-3H3,(H,20,25)(H,22,24). The number of hydroxylamine groups is 1. The number of carbonyl (C=O) groups is 2. The Hall–Kier alpha value is -2.64. The summed E-state index contributed by atoms with van der Waals surface area (Å²) in [4.78, 5) is 30.3. The molecular formula is C18H21ClN4O3. The Morgan fingerprint density at radius 1 is 1.19 bits per heavy atom. The second-order valence-corrected chi connectivity index (χ2v) is 6.32. The van der Waals surface area contributed by atoms with Gasteiger partial charge < -0.3 is 10.2 Å². The van der Waals surface area contributed by atoms with Crippen LogP contribution in [0.5, 0.6) is 0 Å². The molecule has 7 nitrogen and oxygen atoms in total. The molecule has 0 aliphatic rings. The molecule has 2 rings (SSSR count). The highest BCUT2D eigenvalue weighted by molar-refractivity contribution is 6.31. The Bertz CT molecular complexity index is 794. The summed E-state index contributed by atoms with van der Waals surface area (Å²) in [6.45, 7) is 6.82. The maximum absolute atomic E-state index is 12.5. The van der Waals surface area contributed by atoms with E-state index in [0.29, 0.717) is 16.5 Å². The lowest BCUT2D eigenvalue weighted by Gasteiger charge is -2.26. The molecule has 26 heavy (non-hydrogen) atoms. The van der Waals surface area contributed by atoms with Crippen LogP contribution in [0.2, 0.25) is 5.02 Å². The van der Waals surface area contributed by atoms with Gasteiger partial charge in [0, 0.05) is 28.9 Å². The summed E-state index contributed by atoms with van der Waals surface area (Å²) in [5, 5.41) is 11.7. The van der Waals surface area contributed by atoms with Crippen molar-refractivity contribution in [3.05, 3.63) is 52.7 Å². The highest BCUT2D eigenvalue weighted by Gasteiger charge is 2.16. The molecule has 138 valence electrons. The number of hydrogen-bond acceptors (Lipinski definition) is 5. The van der Waals surface area contributed by atoms with E-state index in [1.54, 1.807) is 23.7 Å². The Kier molecular flexibility index (Phi) is 6.54. The lowest BCUT2D eigenvalue weighted by atomic mass is 10.2. The largest absolute Gasteiger partial charge is 0.354 e. The van der Waals surface area contributed by atoms with Crippen LogP contribution in [0.1, 0.15) is 41.6 Å². The molecule has 0 fully saturated rings. The average Bonchev–Trinajstić information content (AvgIpc) is 2.61. The van der Waals surface area contributed by atoms with Crippen molar-refractivity contribution in [1.82, 2.24) is 10.5 Å². The first-order valence-electron chi connectivity index (χ1n) is 8.15. The van der Waals surface area contributed by atoms with Gasteiger partial charge in [0.15, 0.2) is 0 Å². The van der Waals surface area contributed by atoms with Crippen LogP contribution >= 0.6 is 11.6 Å². The molecule has 0 bridgehead atoms. The van der Waals surface area contributed by atoms with E-state index in [9.17, 15) is 9.59 Å².